The number of nitrogens with one attached hydrogen (secondary N) is 1. The lowest BCUT2D eigenvalue weighted by Crippen LogP contribution is -2.53. The van der Waals surface area contributed by atoms with Crippen molar-refractivity contribution in [2.24, 2.45) is 0 Å². The first kappa shape index (κ1) is 30.2. The molecule has 0 aliphatic rings. The number of rotatable bonds is 13. The van der Waals surface area contributed by atoms with Gasteiger partial charge in [0.25, 0.3) is 0 Å². The summed E-state index contributed by atoms with van der Waals surface area (Å²) in [6.45, 7) is 2.03. The molecule has 3 aromatic carbocycles. The van der Waals surface area contributed by atoms with Crippen LogP contribution in [0.5, 0.6) is 5.75 Å². The SMILES string of the molecule is CCCNC(=O)C(Cc1ccccc1)N(Cc1cccc(OC)c1)C(=O)CN(c1cccc(Br)c1)S(C)(=O)=O. The summed E-state index contributed by atoms with van der Waals surface area (Å²) in [5, 5.41) is 2.92. The number of carbonyl (C=O) groups excluding carboxylic acids is 2. The highest BCUT2D eigenvalue weighted by atomic mass is 79.9. The maximum absolute atomic E-state index is 14.0. The number of carbonyl (C=O) groups is 2. The lowest BCUT2D eigenvalue weighted by Gasteiger charge is -2.33. The van der Waals surface area contributed by atoms with Crippen molar-refractivity contribution in [3.8, 4) is 5.75 Å². The summed E-state index contributed by atoms with van der Waals surface area (Å²) < 4.78 is 32.7. The summed E-state index contributed by atoms with van der Waals surface area (Å²) in [7, 11) is -2.27. The maximum atomic E-state index is 14.0. The average molecular weight is 617 g/mol. The van der Waals surface area contributed by atoms with Gasteiger partial charge in [0.1, 0.15) is 18.3 Å². The van der Waals surface area contributed by atoms with Crippen molar-refractivity contribution in [2.45, 2.75) is 32.4 Å². The lowest BCUT2D eigenvalue weighted by atomic mass is 10.0. The van der Waals surface area contributed by atoms with Gasteiger partial charge in [-0.3, -0.25) is 13.9 Å². The van der Waals surface area contributed by atoms with Gasteiger partial charge in [0, 0.05) is 24.0 Å². The molecule has 39 heavy (non-hydrogen) atoms. The number of halogens is 1. The quantitative estimate of drug-likeness (QED) is 0.308. The topological polar surface area (TPSA) is 96.0 Å². The number of nitrogens with zero attached hydrogens (tertiary/aromatic N) is 2. The standard InChI is InChI=1S/C29H34BrN3O5S/c1-4-16-31-29(35)27(18-22-10-6-5-7-11-22)32(20-23-12-8-15-26(17-23)38-2)28(34)21-33(39(3,36)37)25-14-9-13-24(30)19-25/h5-15,17,19,27H,4,16,18,20-21H2,1-3H3,(H,31,35). The van der Waals surface area contributed by atoms with Gasteiger partial charge in [0.2, 0.25) is 21.8 Å². The Hall–Kier alpha value is -3.37. The van der Waals surface area contributed by atoms with Crippen molar-refractivity contribution in [3.05, 3.63) is 94.5 Å². The van der Waals surface area contributed by atoms with Gasteiger partial charge in [0.05, 0.1) is 19.1 Å². The van der Waals surface area contributed by atoms with Gasteiger partial charge in [-0.1, -0.05) is 71.4 Å². The van der Waals surface area contributed by atoms with E-state index in [2.05, 4.69) is 21.2 Å². The van der Waals surface area contributed by atoms with Gasteiger partial charge in [-0.25, -0.2) is 8.42 Å². The van der Waals surface area contributed by atoms with E-state index in [-0.39, 0.29) is 18.9 Å². The Morgan fingerprint density at radius 1 is 0.974 bits per heavy atom. The second-order valence-corrected chi connectivity index (χ2v) is 11.9. The second kappa shape index (κ2) is 14.1. The van der Waals surface area contributed by atoms with Crippen molar-refractivity contribution in [1.29, 1.82) is 0 Å². The molecule has 1 N–H and O–H groups in total. The van der Waals surface area contributed by atoms with E-state index in [1.807, 2.05) is 49.4 Å². The van der Waals surface area contributed by atoms with Gasteiger partial charge in [-0.05, 0) is 47.9 Å². The highest BCUT2D eigenvalue weighted by Gasteiger charge is 2.33. The minimum atomic E-state index is -3.82. The molecule has 0 saturated heterocycles. The van der Waals surface area contributed by atoms with Gasteiger partial charge in [-0.2, -0.15) is 0 Å². The van der Waals surface area contributed by atoms with Crippen LogP contribution in [0.4, 0.5) is 5.69 Å². The van der Waals surface area contributed by atoms with Crippen LogP contribution in [0.15, 0.2) is 83.3 Å². The predicted octanol–water partition coefficient (Wildman–Crippen LogP) is 4.39. The van der Waals surface area contributed by atoms with Crippen LogP contribution in [-0.2, 0) is 32.6 Å². The smallest absolute Gasteiger partial charge is 0.244 e. The molecule has 8 nitrogen and oxygen atoms in total. The molecule has 0 aromatic heterocycles. The molecule has 3 rings (SSSR count). The first-order valence-corrected chi connectivity index (χ1v) is 15.2. The number of sulfonamides is 1. The predicted molar refractivity (Wildman–Crippen MR) is 157 cm³/mol. The van der Waals surface area contributed by atoms with E-state index in [1.54, 1.807) is 43.5 Å². The van der Waals surface area contributed by atoms with Gasteiger partial charge < -0.3 is 15.0 Å². The van der Waals surface area contributed by atoms with Gasteiger partial charge in [-0.15, -0.1) is 0 Å². The molecular weight excluding hydrogens is 582 g/mol. The third-order valence-corrected chi connectivity index (χ3v) is 7.72. The van der Waals surface area contributed by atoms with Crippen LogP contribution < -0.4 is 14.4 Å². The van der Waals surface area contributed by atoms with Gasteiger partial charge >= 0.3 is 0 Å². The normalized spacial score (nSPS) is 11.9. The molecule has 0 aliphatic carbocycles. The van der Waals surface area contributed by atoms with Crippen molar-refractivity contribution < 1.29 is 22.7 Å². The first-order valence-electron chi connectivity index (χ1n) is 12.6. The van der Waals surface area contributed by atoms with Crippen molar-refractivity contribution >= 4 is 43.5 Å². The zero-order valence-corrected chi connectivity index (χ0v) is 24.7. The Morgan fingerprint density at radius 3 is 2.31 bits per heavy atom. The van der Waals surface area contributed by atoms with Crippen LogP contribution in [0.25, 0.3) is 0 Å². The maximum Gasteiger partial charge on any atom is 0.244 e. The Morgan fingerprint density at radius 2 is 1.67 bits per heavy atom. The number of ether oxygens (including phenoxy) is 1. The van der Waals surface area contributed by atoms with E-state index in [0.717, 1.165) is 28.1 Å². The molecule has 2 amide bonds. The molecule has 0 aliphatic heterocycles. The molecule has 0 bridgehead atoms. The fraction of sp³-hybridized carbons (Fsp3) is 0.310. The van der Waals surface area contributed by atoms with Crippen LogP contribution in [0, 0.1) is 0 Å². The van der Waals surface area contributed by atoms with E-state index < -0.39 is 28.5 Å². The molecule has 0 radical (unpaired) electrons. The molecule has 3 aromatic rings. The third-order valence-electron chi connectivity index (χ3n) is 6.08. The van der Waals surface area contributed by atoms with E-state index in [4.69, 9.17) is 4.74 Å². The fourth-order valence-electron chi connectivity index (χ4n) is 4.13. The van der Waals surface area contributed by atoms with Crippen molar-refractivity contribution in [2.75, 3.05) is 30.8 Å². The molecule has 1 atom stereocenters. The highest BCUT2D eigenvalue weighted by Crippen LogP contribution is 2.24. The first-order chi connectivity index (χ1) is 18.6. The third kappa shape index (κ3) is 8.83. The van der Waals surface area contributed by atoms with Crippen LogP contribution in [0.1, 0.15) is 24.5 Å². The largest absolute Gasteiger partial charge is 0.497 e. The van der Waals surface area contributed by atoms with Crippen LogP contribution in [-0.4, -0.2) is 57.6 Å². The molecule has 0 fully saturated rings. The molecule has 0 spiro atoms. The monoisotopic (exact) mass is 615 g/mol. The summed E-state index contributed by atoms with van der Waals surface area (Å²) in [6.07, 6.45) is 2.06. The number of hydrogen-bond donors (Lipinski definition) is 1. The van der Waals surface area contributed by atoms with Gasteiger partial charge in [0.15, 0.2) is 0 Å². The highest BCUT2D eigenvalue weighted by molar-refractivity contribution is 9.10. The Balaban J connectivity index is 2.05. The summed E-state index contributed by atoms with van der Waals surface area (Å²) in [6, 6.07) is 22.6. The zero-order valence-electron chi connectivity index (χ0n) is 22.3. The molecule has 208 valence electrons. The molecule has 0 heterocycles. The van der Waals surface area contributed by atoms with Crippen LogP contribution in [0.2, 0.25) is 0 Å². The Bertz CT molecular complexity index is 1370. The number of anilines is 1. The fourth-order valence-corrected chi connectivity index (χ4v) is 5.36. The number of hydrogen-bond acceptors (Lipinski definition) is 5. The van der Waals surface area contributed by atoms with E-state index in [0.29, 0.717) is 22.5 Å². The molecule has 10 heteroatoms. The van der Waals surface area contributed by atoms with Crippen LogP contribution in [0.3, 0.4) is 0 Å². The summed E-state index contributed by atoms with van der Waals surface area (Å²) in [5.41, 5.74) is 1.97. The molecular formula is C29H34BrN3O5S. The number of methoxy groups -OCH3 is 1. The second-order valence-electron chi connectivity index (χ2n) is 9.12. The lowest BCUT2D eigenvalue weighted by molar-refractivity contribution is -0.140. The molecule has 0 saturated carbocycles. The summed E-state index contributed by atoms with van der Waals surface area (Å²) in [5.74, 6) is -0.192. The van der Waals surface area contributed by atoms with E-state index in [1.165, 1.54) is 4.90 Å². The Labute approximate surface area is 239 Å². The summed E-state index contributed by atoms with van der Waals surface area (Å²) >= 11 is 3.37. The number of amides is 2. The zero-order chi connectivity index (χ0) is 28.4. The number of benzene rings is 3. The minimum Gasteiger partial charge on any atom is -0.497 e. The van der Waals surface area contributed by atoms with Crippen molar-refractivity contribution in [3.63, 3.8) is 0 Å². The Kier molecular flexibility index (Phi) is 10.9. The van der Waals surface area contributed by atoms with E-state index >= 15 is 0 Å². The minimum absolute atomic E-state index is 0.0865. The summed E-state index contributed by atoms with van der Waals surface area (Å²) in [4.78, 5) is 29.0. The van der Waals surface area contributed by atoms with Crippen molar-refractivity contribution in [1.82, 2.24) is 10.2 Å². The van der Waals surface area contributed by atoms with Crippen LogP contribution >= 0.6 is 15.9 Å². The average Bonchev–Trinajstić information content (AvgIpc) is 2.92. The van der Waals surface area contributed by atoms with E-state index in [9.17, 15) is 18.0 Å². The molecule has 1 unspecified atom stereocenters.